The number of nitrogens with one attached hydrogen (secondary N) is 2. The molecule has 4 rings (SSSR count). The summed E-state index contributed by atoms with van der Waals surface area (Å²) in [5.41, 5.74) is 3.63. The van der Waals surface area contributed by atoms with Crippen molar-refractivity contribution in [3.05, 3.63) is 72.1 Å². The molecule has 0 aliphatic heterocycles. The van der Waals surface area contributed by atoms with E-state index in [0.29, 0.717) is 12.1 Å². The molecule has 0 fully saturated rings. The molecule has 1 aromatic heterocycles. The highest BCUT2D eigenvalue weighted by molar-refractivity contribution is 5.90. The Morgan fingerprint density at radius 2 is 2.08 bits per heavy atom. The van der Waals surface area contributed by atoms with E-state index in [4.69, 9.17) is 0 Å². The third-order valence-electron chi connectivity index (χ3n) is 4.69. The zero-order valence-electron chi connectivity index (χ0n) is 14.4. The number of urea groups is 1. The number of benzene rings is 2. The molecular formula is C20H20N4O2. The van der Waals surface area contributed by atoms with Gasteiger partial charge in [-0.2, -0.15) is 0 Å². The minimum Gasteiger partial charge on any atom is -0.390 e. The van der Waals surface area contributed by atoms with Gasteiger partial charge in [0.15, 0.2) is 0 Å². The normalized spacial score (nSPS) is 18.4. The first-order valence-electron chi connectivity index (χ1n) is 8.53. The highest BCUT2D eigenvalue weighted by Crippen LogP contribution is 2.31. The Kier molecular flexibility index (Phi) is 4.18. The number of anilines is 1. The fourth-order valence-corrected chi connectivity index (χ4v) is 3.44. The second kappa shape index (κ2) is 6.65. The third-order valence-corrected chi connectivity index (χ3v) is 4.69. The topological polar surface area (TPSA) is 79.2 Å². The van der Waals surface area contributed by atoms with Gasteiger partial charge in [-0.3, -0.25) is 0 Å². The van der Waals surface area contributed by atoms with Crippen LogP contribution in [0.15, 0.2) is 60.9 Å². The number of aromatic nitrogens is 2. The van der Waals surface area contributed by atoms with Crippen LogP contribution in [0.2, 0.25) is 0 Å². The number of hydrogen-bond donors (Lipinski definition) is 3. The van der Waals surface area contributed by atoms with Crippen LogP contribution in [0.5, 0.6) is 0 Å². The minimum atomic E-state index is -0.614. The summed E-state index contributed by atoms with van der Waals surface area (Å²) >= 11 is 0. The summed E-state index contributed by atoms with van der Waals surface area (Å²) in [5, 5.41) is 16.0. The summed E-state index contributed by atoms with van der Waals surface area (Å²) in [6, 6.07) is 14.6. The number of carbonyl (C=O) groups excluding carboxylic acids is 1. The molecule has 2 aromatic carbocycles. The van der Waals surface area contributed by atoms with Gasteiger partial charge in [-0.15, -0.1) is 0 Å². The van der Waals surface area contributed by atoms with Crippen molar-refractivity contribution in [2.75, 3.05) is 5.32 Å². The number of carbonyl (C=O) groups is 1. The fourth-order valence-electron chi connectivity index (χ4n) is 3.44. The lowest BCUT2D eigenvalue weighted by Gasteiger charge is -2.18. The van der Waals surface area contributed by atoms with E-state index in [1.54, 1.807) is 6.20 Å². The summed E-state index contributed by atoms with van der Waals surface area (Å²) in [4.78, 5) is 16.8. The average Bonchev–Trinajstić information content (AvgIpc) is 3.19. The number of fused-ring (bicyclic) bond motifs is 1. The summed E-state index contributed by atoms with van der Waals surface area (Å²) in [6.45, 7) is 0. The predicted octanol–water partition coefficient (Wildman–Crippen LogP) is 2.87. The number of aliphatic hydroxyl groups excluding tert-OH is 1. The van der Waals surface area contributed by atoms with Crippen molar-refractivity contribution in [1.29, 1.82) is 0 Å². The number of nitrogens with zero attached hydrogens (tertiary/aromatic N) is 2. The van der Waals surface area contributed by atoms with Gasteiger partial charge in [0.2, 0.25) is 0 Å². The third kappa shape index (κ3) is 3.07. The summed E-state index contributed by atoms with van der Waals surface area (Å²) in [7, 11) is 1.92. The van der Waals surface area contributed by atoms with E-state index in [1.807, 2.05) is 66.3 Å². The highest BCUT2D eigenvalue weighted by atomic mass is 16.3. The molecule has 1 aliphatic rings. The molecule has 2 amide bonds. The lowest BCUT2D eigenvalue weighted by Crippen LogP contribution is -2.36. The van der Waals surface area contributed by atoms with Crippen LogP contribution >= 0.6 is 0 Å². The minimum absolute atomic E-state index is 0.345. The monoisotopic (exact) mass is 348 g/mol. The molecule has 6 heteroatoms. The Balaban J connectivity index is 1.48. The van der Waals surface area contributed by atoms with Gasteiger partial charge in [-0.25, -0.2) is 9.78 Å². The van der Waals surface area contributed by atoms with Crippen molar-refractivity contribution >= 4 is 11.7 Å². The average molecular weight is 348 g/mol. The van der Waals surface area contributed by atoms with Crippen molar-refractivity contribution in [1.82, 2.24) is 14.9 Å². The maximum atomic E-state index is 12.4. The molecule has 0 saturated carbocycles. The van der Waals surface area contributed by atoms with Crippen molar-refractivity contribution in [2.45, 2.75) is 18.6 Å². The van der Waals surface area contributed by atoms with E-state index in [1.165, 1.54) is 0 Å². The molecule has 0 bridgehead atoms. The largest absolute Gasteiger partial charge is 0.390 e. The molecule has 6 nitrogen and oxygen atoms in total. The molecule has 3 aromatic rings. The van der Waals surface area contributed by atoms with Crippen molar-refractivity contribution < 1.29 is 9.90 Å². The maximum absolute atomic E-state index is 12.4. The second-order valence-corrected chi connectivity index (χ2v) is 6.49. The van der Waals surface area contributed by atoms with E-state index in [9.17, 15) is 9.90 Å². The van der Waals surface area contributed by atoms with Gasteiger partial charge in [0.25, 0.3) is 0 Å². The number of imidazole rings is 1. The van der Waals surface area contributed by atoms with Crippen molar-refractivity contribution in [2.24, 2.45) is 7.05 Å². The molecule has 1 aliphatic carbocycles. The molecule has 132 valence electrons. The summed E-state index contributed by atoms with van der Waals surface area (Å²) in [6.07, 6.45) is 3.55. The van der Waals surface area contributed by atoms with Gasteiger partial charge in [-0.1, -0.05) is 36.4 Å². The zero-order chi connectivity index (χ0) is 18.1. The highest BCUT2D eigenvalue weighted by Gasteiger charge is 2.31. The Morgan fingerprint density at radius 3 is 2.88 bits per heavy atom. The zero-order valence-corrected chi connectivity index (χ0v) is 14.4. The lowest BCUT2D eigenvalue weighted by atomic mass is 10.1. The van der Waals surface area contributed by atoms with Crippen LogP contribution in [0.25, 0.3) is 11.4 Å². The molecular weight excluding hydrogens is 328 g/mol. The number of aliphatic hydroxyl groups is 1. The van der Waals surface area contributed by atoms with Crippen LogP contribution in [0, 0.1) is 0 Å². The van der Waals surface area contributed by atoms with Crippen molar-refractivity contribution in [3.63, 3.8) is 0 Å². The molecule has 0 unspecified atom stereocenters. The van der Waals surface area contributed by atoms with E-state index < -0.39 is 12.1 Å². The van der Waals surface area contributed by atoms with Gasteiger partial charge in [0, 0.05) is 37.1 Å². The second-order valence-electron chi connectivity index (χ2n) is 6.49. The van der Waals surface area contributed by atoms with Crippen LogP contribution < -0.4 is 10.6 Å². The molecule has 0 spiro atoms. The van der Waals surface area contributed by atoms with E-state index in [0.717, 1.165) is 22.5 Å². The Morgan fingerprint density at radius 1 is 1.23 bits per heavy atom. The van der Waals surface area contributed by atoms with Gasteiger partial charge in [-0.05, 0) is 23.3 Å². The van der Waals surface area contributed by atoms with Crippen LogP contribution in [0.1, 0.15) is 17.2 Å². The van der Waals surface area contributed by atoms with Gasteiger partial charge in [0.05, 0.1) is 12.1 Å². The first kappa shape index (κ1) is 16.4. The standard InChI is InChI=1S/C20H20N4O2/c1-24-10-9-21-19(24)14-6-4-7-15(11-14)22-20(26)23-18-16-8-3-2-5-13(16)12-17(18)25/h2-11,17-18,25H,12H2,1H3,(H2,22,23,26)/t17-,18+/m1/s1. The van der Waals surface area contributed by atoms with Crippen LogP contribution in [-0.4, -0.2) is 26.8 Å². The van der Waals surface area contributed by atoms with E-state index >= 15 is 0 Å². The Bertz CT molecular complexity index is 950. The van der Waals surface area contributed by atoms with Gasteiger partial charge >= 0.3 is 6.03 Å². The number of aryl methyl sites for hydroxylation is 1. The molecule has 0 radical (unpaired) electrons. The molecule has 2 atom stereocenters. The smallest absolute Gasteiger partial charge is 0.319 e. The fraction of sp³-hybridized carbons (Fsp3) is 0.200. The first-order valence-corrected chi connectivity index (χ1v) is 8.53. The van der Waals surface area contributed by atoms with Crippen molar-refractivity contribution in [3.8, 4) is 11.4 Å². The predicted molar refractivity (Wildman–Crippen MR) is 99.7 cm³/mol. The van der Waals surface area contributed by atoms with E-state index in [-0.39, 0.29) is 6.03 Å². The molecule has 3 N–H and O–H groups in total. The quantitative estimate of drug-likeness (QED) is 0.681. The van der Waals surface area contributed by atoms with Gasteiger partial charge < -0.3 is 20.3 Å². The number of amides is 2. The lowest BCUT2D eigenvalue weighted by molar-refractivity contribution is 0.144. The van der Waals surface area contributed by atoms with Gasteiger partial charge in [0.1, 0.15) is 5.82 Å². The number of hydrogen-bond acceptors (Lipinski definition) is 3. The van der Waals surface area contributed by atoms with Crippen LogP contribution in [0.3, 0.4) is 0 Å². The molecule has 0 saturated heterocycles. The van der Waals surface area contributed by atoms with E-state index in [2.05, 4.69) is 15.6 Å². The number of rotatable bonds is 3. The molecule has 1 heterocycles. The first-order chi connectivity index (χ1) is 12.6. The Labute approximate surface area is 151 Å². The molecule has 26 heavy (non-hydrogen) atoms. The van der Waals surface area contributed by atoms with Crippen LogP contribution in [-0.2, 0) is 13.5 Å². The maximum Gasteiger partial charge on any atom is 0.319 e. The Hall–Kier alpha value is -3.12. The summed E-state index contributed by atoms with van der Waals surface area (Å²) in [5.74, 6) is 0.828. The SMILES string of the molecule is Cn1ccnc1-c1cccc(NC(=O)N[C@H]2c3ccccc3C[C@H]2O)c1. The summed E-state index contributed by atoms with van der Waals surface area (Å²) < 4.78 is 1.92. The van der Waals surface area contributed by atoms with Crippen LogP contribution in [0.4, 0.5) is 10.5 Å².